The van der Waals surface area contributed by atoms with E-state index < -0.39 is 6.09 Å². The molecule has 0 spiro atoms. The fraction of sp³-hybridized carbons (Fsp3) is 0.529. The largest absolute Gasteiger partial charge is 0.443 e. The second-order valence-corrected chi connectivity index (χ2v) is 5.72. The standard InChI is InChI=1S/C17H25N3O3/c1-2-7-16(21)20(12-15-10-6-11-18-15)19-17(22)23-13-14-8-4-3-5-9-14/h3-5,8-9,15,18H,2,6-7,10-13H2,1H3,(H,19,22). The fourth-order valence-electron chi connectivity index (χ4n) is 2.56. The van der Waals surface area contributed by atoms with Crippen molar-refractivity contribution in [2.75, 3.05) is 13.1 Å². The number of carbonyl (C=O) groups excluding carboxylic acids is 2. The molecule has 1 atom stereocenters. The Kier molecular flexibility index (Phi) is 6.87. The topological polar surface area (TPSA) is 70.7 Å². The van der Waals surface area contributed by atoms with Crippen LogP contribution in [0.3, 0.4) is 0 Å². The molecule has 0 saturated carbocycles. The highest BCUT2D eigenvalue weighted by molar-refractivity contribution is 5.79. The van der Waals surface area contributed by atoms with Crippen LogP contribution in [-0.4, -0.2) is 36.1 Å². The maximum Gasteiger partial charge on any atom is 0.426 e. The maximum absolute atomic E-state index is 12.2. The van der Waals surface area contributed by atoms with E-state index in [0.29, 0.717) is 13.0 Å². The van der Waals surface area contributed by atoms with Crippen LogP contribution in [0.25, 0.3) is 0 Å². The van der Waals surface area contributed by atoms with Crippen LogP contribution in [-0.2, 0) is 16.1 Å². The Labute approximate surface area is 137 Å². The quantitative estimate of drug-likeness (QED) is 0.789. The molecule has 1 aliphatic rings. The first-order chi connectivity index (χ1) is 11.2. The predicted molar refractivity (Wildman–Crippen MR) is 87.4 cm³/mol. The zero-order valence-electron chi connectivity index (χ0n) is 13.6. The smallest absolute Gasteiger partial charge is 0.426 e. The summed E-state index contributed by atoms with van der Waals surface area (Å²) in [6, 6.07) is 9.68. The van der Waals surface area contributed by atoms with Gasteiger partial charge in [-0.2, -0.15) is 0 Å². The monoisotopic (exact) mass is 319 g/mol. The Morgan fingerprint density at radius 1 is 1.35 bits per heavy atom. The summed E-state index contributed by atoms with van der Waals surface area (Å²) in [5.74, 6) is -0.0853. The van der Waals surface area contributed by atoms with Gasteiger partial charge in [-0.3, -0.25) is 4.79 Å². The second kappa shape index (κ2) is 9.15. The summed E-state index contributed by atoms with van der Waals surface area (Å²) in [6.45, 7) is 3.56. The first kappa shape index (κ1) is 17.3. The van der Waals surface area contributed by atoms with E-state index in [-0.39, 0.29) is 18.6 Å². The van der Waals surface area contributed by atoms with E-state index in [2.05, 4.69) is 10.7 Å². The first-order valence-electron chi connectivity index (χ1n) is 8.20. The molecule has 6 heteroatoms. The summed E-state index contributed by atoms with van der Waals surface area (Å²) in [6.07, 6.45) is 2.66. The van der Waals surface area contributed by atoms with Gasteiger partial charge in [-0.25, -0.2) is 15.2 Å². The SMILES string of the molecule is CCCC(=O)N(CC1CCCN1)NC(=O)OCc1ccccc1. The minimum Gasteiger partial charge on any atom is -0.443 e. The van der Waals surface area contributed by atoms with Crippen molar-refractivity contribution in [1.82, 2.24) is 15.8 Å². The van der Waals surface area contributed by atoms with Crippen LogP contribution in [0, 0.1) is 0 Å². The minimum atomic E-state index is -0.601. The van der Waals surface area contributed by atoms with E-state index in [9.17, 15) is 9.59 Å². The van der Waals surface area contributed by atoms with Crippen LogP contribution in [0.4, 0.5) is 4.79 Å². The average Bonchev–Trinajstić information content (AvgIpc) is 3.06. The van der Waals surface area contributed by atoms with E-state index in [4.69, 9.17) is 4.74 Å². The van der Waals surface area contributed by atoms with Crippen molar-refractivity contribution < 1.29 is 14.3 Å². The molecule has 2 amide bonds. The molecule has 1 fully saturated rings. The molecule has 0 aliphatic carbocycles. The van der Waals surface area contributed by atoms with Gasteiger partial charge >= 0.3 is 6.09 Å². The van der Waals surface area contributed by atoms with E-state index in [1.807, 2.05) is 37.3 Å². The normalized spacial score (nSPS) is 16.8. The molecule has 1 aromatic rings. The summed E-state index contributed by atoms with van der Waals surface area (Å²) in [4.78, 5) is 24.1. The summed E-state index contributed by atoms with van der Waals surface area (Å²) >= 11 is 0. The number of rotatable bonds is 6. The van der Waals surface area contributed by atoms with Crippen LogP contribution < -0.4 is 10.7 Å². The Bertz CT molecular complexity index is 501. The number of hydrogen-bond acceptors (Lipinski definition) is 4. The number of benzene rings is 1. The van der Waals surface area contributed by atoms with Gasteiger partial charge in [0, 0.05) is 12.5 Å². The van der Waals surface area contributed by atoms with Gasteiger partial charge in [0.15, 0.2) is 0 Å². The Hall–Kier alpha value is -2.08. The fourth-order valence-corrected chi connectivity index (χ4v) is 2.56. The Morgan fingerprint density at radius 2 is 2.13 bits per heavy atom. The van der Waals surface area contributed by atoms with E-state index in [1.54, 1.807) is 0 Å². The van der Waals surface area contributed by atoms with Crippen LogP contribution in [0.2, 0.25) is 0 Å². The molecule has 1 unspecified atom stereocenters. The lowest BCUT2D eigenvalue weighted by Crippen LogP contribution is -2.51. The van der Waals surface area contributed by atoms with Crippen molar-refractivity contribution >= 4 is 12.0 Å². The van der Waals surface area contributed by atoms with Crippen LogP contribution in [0.1, 0.15) is 38.2 Å². The summed E-state index contributed by atoms with van der Waals surface area (Å²) in [5, 5.41) is 4.72. The van der Waals surface area contributed by atoms with Gasteiger partial charge in [-0.05, 0) is 31.4 Å². The first-order valence-corrected chi connectivity index (χ1v) is 8.20. The lowest BCUT2D eigenvalue weighted by molar-refractivity contribution is -0.134. The average molecular weight is 319 g/mol. The molecule has 0 bridgehead atoms. The molecule has 6 nitrogen and oxygen atoms in total. The number of amides is 2. The van der Waals surface area contributed by atoms with Gasteiger partial charge in [0.1, 0.15) is 6.61 Å². The molecule has 0 radical (unpaired) electrons. The second-order valence-electron chi connectivity index (χ2n) is 5.72. The summed E-state index contributed by atoms with van der Waals surface area (Å²) < 4.78 is 5.19. The van der Waals surface area contributed by atoms with Crippen molar-refractivity contribution in [3.63, 3.8) is 0 Å². The molecule has 1 aliphatic heterocycles. The van der Waals surface area contributed by atoms with Crippen molar-refractivity contribution in [2.45, 2.75) is 45.3 Å². The summed E-state index contributed by atoms with van der Waals surface area (Å²) in [5.41, 5.74) is 3.49. The maximum atomic E-state index is 12.2. The highest BCUT2D eigenvalue weighted by Gasteiger charge is 2.23. The summed E-state index contributed by atoms with van der Waals surface area (Å²) in [7, 11) is 0. The van der Waals surface area contributed by atoms with E-state index >= 15 is 0 Å². The molecule has 2 N–H and O–H groups in total. The molecule has 23 heavy (non-hydrogen) atoms. The van der Waals surface area contributed by atoms with Crippen LogP contribution in [0.15, 0.2) is 30.3 Å². The Morgan fingerprint density at radius 3 is 2.78 bits per heavy atom. The molecule has 0 aromatic heterocycles. The third-order valence-electron chi connectivity index (χ3n) is 3.77. The molecule has 1 aromatic carbocycles. The zero-order valence-corrected chi connectivity index (χ0v) is 13.6. The van der Waals surface area contributed by atoms with Gasteiger partial charge in [-0.15, -0.1) is 0 Å². The lowest BCUT2D eigenvalue weighted by Gasteiger charge is -2.25. The van der Waals surface area contributed by atoms with Crippen LogP contribution in [0.5, 0.6) is 0 Å². The molecule has 1 heterocycles. The zero-order chi connectivity index (χ0) is 16.5. The molecule has 1 saturated heterocycles. The number of nitrogens with zero attached hydrogens (tertiary/aromatic N) is 1. The van der Waals surface area contributed by atoms with Gasteiger partial charge in [-0.1, -0.05) is 37.3 Å². The highest BCUT2D eigenvalue weighted by atomic mass is 16.6. The predicted octanol–water partition coefficient (Wildman–Crippen LogP) is 2.21. The number of hydrogen-bond donors (Lipinski definition) is 2. The third kappa shape index (κ3) is 5.90. The van der Waals surface area contributed by atoms with E-state index in [0.717, 1.165) is 31.4 Å². The molecule has 2 rings (SSSR count). The van der Waals surface area contributed by atoms with Crippen molar-refractivity contribution in [3.8, 4) is 0 Å². The number of carbonyl (C=O) groups is 2. The van der Waals surface area contributed by atoms with Gasteiger partial charge in [0.05, 0.1) is 6.54 Å². The number of hydrazine groups is 1. The lowest BCUT2D eigenvalue weighted by atomic mass is 10.2. The Balaban J connectivity index is 1.84. The third-order valence-corrected chi connectivity index (χ3v) is 3.77. The van der Waals surface area contributed by atoms with Gasteiger partial charge in [0.25, 0.3) is 0 Å². The molecule has 126 valence electrons. The van der Waals surface area contributed by atoms with Gasteiger partial charge < -0.3 is 10.1 Å². The molecular weight excluding hydrogens is 294 g/mol. The molecular formula is C17H25N3O3. The van der Waals surface area contributed by atoms with Crippen molar-refractivity contribution in [2.24, 2.45) is 0 Å². The minimum absolute atomic E-state index is 0.0853. The van der Waals surface area contributed by atoms with Gasteiger partial charge in [0.2, 0.25) is 5.91 Å². The van der Waals surface area contributed by atoms with E-state index in [1.165, 1.54) is 5.01 Å². The van der Waals surface area contributed by atoms with Crippen molar-refractivity contribution in [1.29, 1.82) is 0 Å². The van der Waals surface area contributed by atoms with Crippen molar-refractivity contribution in [3.05, 3.63) is 35.9 Å². The highest BCUT2D eigenvalue weighted by Crippen LogP contribution is 2.08. The number of ether oxygens (including phenoxy) is 1. The van der Waals surface area contributed by atoms with Crippen LogP contribution >= 0.6 is 0 Å². The number of nitrogens with one attached hydrogen (secondary N) is 2.